The van der Waals surface area contributed by atoms with Gasteiger partial charge in [0.05, 0.1) is 11.4 Å². The standard InChI is InChI=1S/C36H30N4.C2H6/c1-37-32-18-14-25(15-19-32)28-10-6-12-30(22-28)34-24-35(40-36(39-34)27-8-4-3-5-9-27)31-13-7-11-29(23-31)26-16-20-33(38-2)21-17-26;1-2/h3-24,37-38H,1-2H3;1-2H3. The van der Waals surface area contributed by atoms with Crippen LogP contribution in [0.4, 0.5) is 11.4 Å². The fourth-order valence-corrected chi connectivity index (χ4v) is 4.83. The van der Waals surface area contributed by atoms with Crippen molar-refractivity contribution in [3.05, 3.63) is 133 Å². The molecule has 1 aromatic heterocycles. The molecule has 0 unspecified atom stereocenters. The molecule has 4 heteroatoms. The Kier molecular flexibility index (Phi) is 9.05. The summed E-state index contributed by atoms with van der Waals surface area (Å²) in [5.41, 5.74) is 11.7. The highest BCUT2D eigenvalue weighted by atomic mass is 14.9. The smallest absolute Gasteiger partial charge is 0.160 e. The van der Waals surface area contributed by atoms with Gasteiger partial charge in [-0.25, -0.2) is 9.97 Å². The molecule has 6 aromatic rings. The fraction of sp³-hybridized carbons (Fsp3) is 0.105. The Hall–Kier alpha value is -5.22. The molecule has 0 amide bonds. The van der Waals surface area contributed by atoms with Crippen molar-refractivity contribution < 1.29 is 0 Å². The van der Waals surface area contributed by atoms with Gasteiger partial charge in [0.1, 0.15) is 0 Å². The highest BCUT2D eigenvalue weighted by Crippen LogP contribution is 2.32. The van der Waals surface area contributed by atoms with Crippen LogP contribution in [0.5, 0.6) is 0 Å². The number of rotatable bonds is 7. The fourth-order valence-electron chi connectivity index (χ4n) is 4.83. The van der Waals surface area contributed by atoms with Crippen molar-refractivity contribution in [2.75, 3.05) is 24.7 Å². The summed E-state index contributed by atoms with van der Waals surface area (Å²) in [7, 11) is 3.86. The van der Waals surface area contributed by atoms with Crippen molar-refractivity contribution in [1.29, 1.82) is 0 Å². The van der Waals surface area contributed by atoms with Gasteiger partial charge < -0.3 is 10.6 Å². The maximum Gasteiger partial charge on any atom is 0.160 e. The summed E-state index contributed by atoms with van der Waals surface area (Å²) in [4.78, 5) is 10.1. The van der Waals surface area contributed by atoms with E-state index >= 15 is 0 Å². The van der Waals surface area contributed by atoms with E-state index in [4.69, 9.17) is 9.97 Å². The maximum atomic E-state index is 5.03. The van der Waals surface area contributed by atoms with Crippen molar-refractivity contribution in [3.8, 4) is 56.2 Å². The van der Waals surface area contributed by atoms with Gasteiger partial charge in [-0.3, -0.25) is 0 Å². The molecular formula is C38H36N4. The normalized spacial score (nSPS) is 10.4. The van der Waals surface area contributed by atoms with E-state index in [0.717, 1.165) is 61.7 Å². The van der Waals surface area contributed by atoms with E-state index < -0.39 is 0 Å². The second-order valence-electron chi connectivity index (χ2n) is 9.64. The zero-order valence-electron chi connectivity index (χ0n) is 24.6. The minimum absolute atomic E-state index is 0.709. The number of hydrogen-bond donors (Lipinski definition) is 2. The van der Waals surface area contributed by atoms with Gasteiger partial charge >= 0.3 is 0 Å². The second-order valence-corrected chi connectivity index (χ2v) is 9.64. The van der Waals surface area contributed by atoms with Gasteiger partial charge in [-0.1, -0.05) is 105 Å². The molecule has 4 nitrogen and oxygen atoms in total. The van der Waals surface area contributed by atoms with Crippen LogP contribution in [0.15, 0.2) is 133 Å². The van der Waals surface area contributed by atoms with E-state index in [9.17, 15) is 0 Å². The summed E-state index contributed by atoms with van der Waals surface area (Å²) in [6.07, 6.45) is 0. The first kappa shape index (κ1) is 28.3. The topological polar surface area (TPSA) is 49.8 Å². The average molecular weight is 549 g/mol. The Labute approximate surface area is 249 Å². The van der Waals surface area contributed by atoms with E-state index in [1.54, 1.807) is 0 Å². The molecule has 0 aliphatic carbocycles. The monoisotopic (exact) mass is 548 g/mol. The quantitative estimate of drug-likeness (QED) is 0.208. The van der Waals surface area contributed by atoms with Gasteiger partial charge in [0.15, 0.2) is 5.82 Å². The van der Waals surface area contributed by atoms with Crippen molar-refractivity contribution in [2.45, 2.75) is 13.8 Å². The van der Waals surface area contributed by atoms with Crippen LogP contribution in [0, 0.1) is 0 Å². The first-order valence-corrected chi connectivity index (χ1v) is 14.4. The molecule has 5 aromatic carbocycles. The first-order chi connectivity index (χ1) is 20.7. The van der Waals surface area contributed by atoms with Gasteiger partial charge in [0.25, 0.3) is 0 Å². The Balaban J connectivity index is 0.00000173. The van der Waals surface area contributed by atoms with Crippen molar-refractivity contribution in [2.24, 2.45) is 0 Å². The predicted octanol–water partition coefficient (Wildman–Crippen LogP) is 9.92. The minimum Gasteiger partial charge on any atom is -0.388 e. The van der Waals surface area contributed by atoms with Crippen LogP contribution < -0.4 is 10.6 Å². The zero-order chi connectivity index (χ0) is 29.3. The molecule has 0 bridgehead atoms. The van der Waals surface area contributed by atoms with Crippen molar-refractivity contribution in [1.82, 2.24) is 9.97 Å². The first-order valence-electron chi connectivity index (χ1n) is 14.4. The highest BCUT2D eigenvalue weighted by molar-refractivity contribution is 5.78. The van der Waals surface area contributed by atoms with E-state index in [-0.39, 0.29) is 0 Å². The summed E-state index contributed by atoms with van der Waals surface area (Å²) < 4.78 is 0. The third-order valence-corrected chi connectivity index (χ3v) is 7.09. The van der Waals surface area contributed by atoms with Gasteiger partial charge in [0.2, 0.25) is 0 Å². The van der Waals surface area contributed by atoms with Crippen LogP contribution in [0.3, 0.4) is 0 Å². The molecule has 0 aliphatic rings. The number of nitrogens with zero attached hydrogens (tertiary/aromatic N) is 2. The summed E-state index contributed by atoms with van der Waals surface area (Å²) >= 11 is 0. The molecule has 42 heavy (non-hydrogen) atoms. The summed E-state index contributed by atoms with van der Waals surface area (Å²) in [6.45, 7) is 4.00. The second kappa shape index (κ2) is 13.4. The zero-order valence-corrected chi connectivity index (χ0v) is 24.6. The van der Waals surface area contributed by atoms with Crippen LogP contribution >= 0.6 is 0 Å². The summed E-state index contributed by atoms with van der Waals surface area (Å²) in [5, 5.41) is 6.37. The highest BCUT2D eigenvalue weighted by Gasteiger charge is 2.12. The summed E-state index contributed by atoms with van der Waals surface area (Å²) in [6, 6.07) is 46.3. The molecular weight excluding hydrogens is 512 g/mol. The van der Waals surface area contributed by atoms with Crippen LogP contribution in [0.1, 0.15) is 13.8 Å². The molecule has 0 radical (unpaired) electrons. The molecule has 0 spiro atoms. The number of nitrogens with one attached hydrogen (secondary N) is 2. The number of aromatic nitrogens is 2. The third-order valence-electron chi connectivity index (χ3n) is 7.09. The Morgan fingerprint density at radius 2 is 0.786 bits per heavy atom. The van der Waals surface area contributed by atoms with Crippen LogP contribution in [0.2, 0.25) is 0 Å². The molecule has 0 saturated carbocycles. The maximum absolute atomic E-state index is 5.03. The Morgan fingerprint density at radius 3 is 1.21 bits per heavy atom. The SMILES string of the molecule is CC.CNc1ccc(-c2cccc(-c3cc(-c4cccc(-c5ccc(NC)cc5)c4)nc(-c4ccccc4)n3)c2)cc1. The molecule has 6 rings (SSSR count). The number of anilines is 2. The Bertz CT molecular complexity index is 1630. The molecule has 1 heterocycles. The third kappa shape index (κ3) is 6.39. The lowest BCUT2D eigenvalue weighted by Gasteiger charge is -2.12. The molecule has 0 atom stereocenters. The molecule has 0 aliphatic heterocycles. The Morgan fingerprint density at radius 1 is 0.381 bits per heavy atom. The van der Waals surface area contributed by atoms with E-state index in [1.807, 2.05) is 46.1 Å². The van der Waals surface area contributed by atoms with E-state index in [0.29, 0.717) is 5.82 Å². The van der Waals surface area contributed by atoms with Crippen molar-refractivity contribution >= 4 is 11.4 Å². The van der Waals surface area contributed by atoms with Crippen molar-refractivity contribution in [3.63, 3.8) is 0 Å². The van der Waals surface area contributed by atoms with Gasteiger partial charge in [-0.05, 0) is 64.7 Å². The molecule has 208 valence electrons. The summed E-state index contributed by atoms with van der Waals surface area (Å²) in [5.74, 6) is 0.709. The lowest BCUT2D eigenvalue weighted by Crippen LogP contribution is -1.96. The lowest BCUT2D eigenvalue weighted by molar-refractivity contribution is 1.18. The molecule has 0 fully saturated rings. The van der Waals surface area contributed by atoms with E-state index in [1.165, 1.54) is 0 Å². The predicted molar refractivity (Wildman–Crippen MR) is 180 cm³/mol. The lowest BCUT2D eigenvalue weighted by atomic mass is 9.99. The van der Waals surface area contributed by atoms with Gasteiger partial charge in [-0.2, -0.15) is 0 Å². The van der Waals surface area contributed by atoms with E-state index in [2.05, 4.69) is 126 Å². The number of benzene rings is 5. The number of hydrogen-bond acceptors (Lipinski definition) is 4. The molecule has 0 saturated heterocycles. The van der Waals surface area contributed by atoms with Gasteiger partial charge in [0, 0.05) is 42.2 Å². The molecule has 2 N–H and O–H groups in total. The largest absolute Gasteiger partial charge is 0.388 e. The van der Waals surface area contributed by atoms with Crippen LogP contribution in [0.25, 0.3) is 56.2 Å². The minimum atomic E-state index is 0.709. The van der Waals surface area contributed by atoms with Gasteiger partial charge in [-0.15, -0.1) is 0 Å². The average Bonchev–Trinajstić information content (AvgIpc) is 3.09. The van der Waals surface area contributed by atoms with Crippen LogP contribution in [-0.2, 0) is 0 Å². The van der Waals surface area contributed by atoms with Crippen LogP contribution in [-0.4, -0.2) is 24.1 Å².